The molecule has 1 aliphatic rings. The number of piperazine rings is 1. The average molecular weight is 264 g/mol. The topological polar surface area (TPSA) is 66.5 Å². The molecule has 1 unspecified atom stereocenters. The molecular formula is C13H13FN2O3. The number of ketones is 1. The summed E-state index contributed by atoms with van der Waals surface area (Å²) in [5.74, 6) is -1.73. The zero-order valence-electron chi connectivity index (χ0n) is 10.6. The first-order chi connectivity index (χ1) is 8.90. The van der Waals surface area contributed by atoms with Gasteiger partial charge in [-0.05, 0) is 32.0 Å². The zero-order chi connectivity index (χ0) is 14.2. The summed E-state index contributed by atoms with van der Waals surface area (Å²) in [4.78, 5) is 36.1. The van der Waals surface area contributed by atoms with E-state index >= 15 is 0 Å². The minimum absolute atomic E-state index is 0.0428. The Hall–Kier alpha value is -2.24. The lowest BCUT2D eigenvalue weighted by Crippen LogP contribution is -2.57. The van der Waals surface area contributed by atoms with Gasteiger partial charge in [0.2, 0.25) is 11.8 Å². The van der Waals surface area contributed by atoms with Gasteiger partial charge in [-0.25, -0.2) is 4.39 Å². The van der Waals surface area contributed by atoms with Crippen LogP contribution in [0, 0.1) is 5.82 Å². The second-order valence-electron chi connectivity index (χ2n) is 4.43. The number of halogens is 1. The Kier molecular flexibility index (Phi) is 3.33. The van der Waals surface area contributed by atoms with Crippen LogP contribution in [0.3, 0.4) is 0 Å². The largest absolute Gasteiger partial charge is 0.350 e. The van der Waals surface area contributed by atoms with Crippen molar-refractivity contribution in [2.75, 3.05) is 11.4 Å². The van der Waals surface area contributed by atoms with Crippen molar-refractivity contribution >= 4 is 23.3 Å². The zero-order valence-corrected chi connectivity index (χ0v) is 10.6. The van der Waals surface area contributed by atoms with Crippen LogP contribution in [0.25, 0.3) is 0 Å². The minimum Gasteiger partial charge on any atom is -0.350 e. The molecule has 100 valence electrons. The van der Waals surface area contributed by atoms with Gasteiger partial charge >= 0.3 is 0 Å². The summed E-state index contributed by atoms with van der Waals surface area (Å²) >= 11 is 0. The van der Waals surface area contributed by atoms with Crippen LogP contribution in [0.2, 0.25) is 0 Å². The van der Waals surface area contributed by atoms with Gasteiger partial charge in [0, 0.05) is 11.3 Å². The first kappa shape index (κ1) is 13.2. The number of carbonyl (C=O) groups is 3. The normalized spacial score (nSPS) is 19.3. The van der Waals surface area contributed by atoms with Crippen molar-refractivity contribution in [2.24, 2.45) is 0 Å². The summed E-state index contributed by atoms with van der Waals surface area (Å²) in [5.41, 5.74) is 0.555. The van der Waals surface area contributed by atoms with Gasteiger partial charge < -0.3 is 4.90 Å². The molecule has 0 aromatic heterocycles. The SMILES string of the molecule is CC(=O)c1cc(F)ccc1N1CC(=O)NC(=O)C1C. The highest BCUT2D eigenvalue weighted by Crippen LogP contribution is 2.25. The van der Waals surface area contributed by atoms with E-state index in [4.69, 9.17) is 0 Å². The van der Waals surface area contributed by atoms with Gasteiger partial charge in [0.1, 0.15) is 11.9 Å². The monoisotopic (exact) mass is 264 g/mol. The molecule has 1 atom stereocenters. The maximum absolute atomic E-state index is 13.2. The van der Waals surface area contributed by atoms with Crippen LogP contribution in [-0.4, -0.2) is 30.2 Å². The van der Waals surface area contributed by atoms with Crippen LogP contribution in [0.15, 0.2) is 18.2 Å². The Balaban J connectivity index is 2.48. The number of benzene rings is 1. The van der Waals surface area contributed by atoms with Crippen LogP contribution in [-0.2, 0) is 9.59 Å². The summed E-state index contributed by atoms with van der Waals surface area (Å²) < 4.78 is 13.2. The lowest BCUT2D eigenvalue weighted by Gasteiger charge is -2.34. The number of Topliss-reactive ketones (excluding diaryl/α,β-unsaturated/α-hetero) is 1. The molecule has 19 heavy (non-hydrogen) atoms. The number of rotatable bonds is 2. The van der Waals surface area contributed by atoms with E-state index in [0.29, 0.717) is 5.69 Å². The maximum atomic E-state index is 13.2. The summed E-state index contributed by atoms with van der Waals surface area (Å²) in [5, 5.41) is 2.21. The van der Waals surface area contributed by atoms with Gasteiger partial charge in [-0.1, -0.05) is 0 Å². The third-order valence-electron chi connectivity index (χ3n) is 3.07. The van der Waals surface area contributed by atoms with Gasteiger partial charge in [0.05, 0.1) is 6.54 Å². The molecule has 2 rings (SSSR count). The molecule has 0 saturated carbocycles. The van der Waals surface area contributed by atoms with Crippen LogP contribution in [0.5, 0.6) is 0 Å². The van der Waals surface area contributed by atoms with Crippen molar-refractivity contribution in [3.8, 4) is 0 Å². The second-order valence-corrected chi connectivity index (χ2v) is 4.43. The van der Waals surface area contributed by atoms with E-state index in [1.54, 1.807) is 6.92 Å². The molecule has 5 nitrogen and oxygen atoms in total. The van der Waals surface area contributed by atoms with Gasteiger partial charge in [-0.15, -0.1) is 0 Å². The molecule has 1 aromatic carbocycles. The van der Waals surface area contributed by atoms with E-state index in [1.807, 2.05) is 0 Å². The molecule has 0 radical (unpaired) electrons. The number of anilines is 1. The van der Waals surface area contributed by atoms with E-state index in [0.717, 1.165) is 6.07 Å². The summed E-state index contributed by atoms with van der Waals surface area (Å²) in [6.07, 6.45) is 0. The molecule has 1 N–H and O–H groups in total. The highest BCUT2D eigenvalue weighted by atomic mass is 19.1. The van der Waals surface area contributed by atoms with Crippen LogP contribution < -0.4 is 10.2 Å². The van der Waals surface area contributed by atoms with Crippen molar-refractivity contribution in [3.63, 3.8) is 0 Å². The summed E-state index contributed by atoms with van der Waals surface area (Å²) in [7, 11) is 0. The quantitative estimate of drug-likeness (QED) is 0.636. The molecule has 0 spiro atoms. The van der Waals surface area contributed by atoms with Crippen molar-refractivity contribution in [3.05, 3.63) is 29.6 Å². The van der Waals surface area contributed by atoms with Crippen LogP contribution >= 0.6 is 0 Å². The van der Waals surface area contributed by atoms with Crippen molar-refractivity contribution < 1.29 is 18.8 Å². The van der Waals surface area contributed by atoms with Gasteiger partial charge in [-0.2, -0.15) is 0 Å². The number of nitrogens with zero attached hydrogens (tertiary/aromatic N) is 1. The number of carbonyl (C=O) groups excluding carboxylic acids is 3. The van der Waals surface area contributed by atoms with E-state index < -0.39 is 23.7 Å². The highest BCUT2D eigenvalue weighted by Gasteiger charge is 2.32. The molecule has 0 aliphatic carbocycles. The van der Waals surface area contributed by atoms with E-state index in [9.17, 15) is 18.8 Å². The highest BCUT2D eigenvalue weighted by molar-refractivity contribution is 6.07. The predicted molar refractivity (Wildman–Crippen MR) is 66.4 cm³/mol. The first-order valence-corrected chi connectivity index (χ1v) is 5.81. The Morgan fingerprint density at radius 2 is 2.11 bits per heavy atom. The molecule has 2 amide bonds. The number of amides is 2. The number of nitrogens with one attached hydrogen (secondary N) is 1. The molecule has 0 bridgehead atoms. The standard InChI is InChI=1S/C13H13FN2O3/c1-7-13(19)15-12(18)6-16(7)11-4-3-9(14)5-10(11)8(2)17/h3-5,7H,6H2,1-2H3,(H,15,18,19). The molecule has 1 saturated heterocycles. The number of hydrogen-bond donors (Lipinski definition) is 1. The number of imide groups is 1. The third-order valence-corrected chi connectivity index (χ3v) is 3.07. The lowest BCUT2D eigenvalue weighted by atomic mass is 10.1. The van der Waals surface area contributed by atoms with Gasteiger partial charge in [-0.3, -0.25) is 19.7 Å². The molecular weight excluding hydrogens is 251 g/mol. The summed E-state index contributed by atoms with van der Waals surface area (Å²) in [6, 6.07) is 3.13. The van der Waals surface area contributed by atoms with Gasteiger partial charge in [0.15, 0.2) is 5.78 Å². The minimum atomic E-state index is -0.596. The fourth-order valence-corrected chi connectivity index (χ4v) is 2.05. The van der Waals surface area contributed by atoms with Gasteiger partial charge in [0.25, 0.3) is 0 Å². The maximum Gasteiger partial charge on any atom is 0.249 e. The molecule has 1 fully saturated rings. The Morgan fingerprint density at radius 3 is 2.74 bits per heavy atom. The lowest BCUT2D eigenvalue weighted by molar-refractivity contribution is -0.132. The van der Waals surface area contributed by atoms with Crippen molar-refractivity contribution in [1.29, 1.82) is 0 Å². The first-order valence-electron chi connectivity index (χ1n) is 5.81. The van der Waals surface area contributed by atoms with Crippen LogP contribution in [0.4, 0.5) is 10.1 Å². The van der Waals surface area contributed by atoms with Crippen molar-refractivity contribution in [1.82, 2.24) is 5.32 Å². The van der Waals surface area contributed by atoms with Crippen LogP contribution in [0.1, 0.15) is 24.2 Å². The molecule has 1 heterocycles. The number of hydrogen-bond acceptors (Lipinski definition) is 4. The second kappa shape index (κ2) is 4.79. The fourth-order valence-electron chi connectivity index (χ4n) is 2.05. The fraction of sp³-hybridized carbons (Fsp3) is 0.308. The predicted octanol–water partition coefficient (Wildman–Crippen LogP) is 0.880. The summed E-state index contributed by atoms with van der Waals surface area (Å²) in [6.45, 7) is 2.89. The Labute approximate surface area is 109 Å². The molecule has 1 aliphatic heterocycles. The Morgan fingerprint density at radius 1 is 1.42 bits per heavy atom. The molecule has 6 heteroatoms. The van der Waals surface area contributed by atoms with E-state index in [1.165, 1.54) is 24.0 Å². The Bertz CT molecular complexity index is 571. The average Bonchev–Trinajstić information content (AvgIpc) is 2.34. The van der Waals surface area contributed by atoms with E-state index in [2.05, 4.69) is 5.32 Å². The smallest absolute Gasteiger partial charge is 0.249 e. The third kappa shape index (κ3) is 2.47. The van der Waals surface area contributed by atoms with E-state index in [-0.39, 0.29) is 17.9 Å². The molecule has 1 aromatic rings. The van der Waals surface area contributed by atoms with Crippen molar-refractivity contribution in [2.45, 2.75) is 19.9 Å².